The molecule has 0 radical (unpaired) electrons. The van der Waals surface area contributed by atoms with Crippen LogP contribution in [-0.4, -0.2) is 21.4 Å². The normalized spacial score (nSPS) is 14.2. The first-order valence-corrected chi connectivity index (χ1v) is 6.40. The van der Waals surface area contributed by atoms with E-state index in [9.17, 15) is 9.90 Å². The highest BCUT2D eigenvalue weighted by molar-refractivity contribution is 5.43. The van der Waals surface area contributed by atoms with Crippen molar-refractivity contribution in [2.75, 3.05) is 7.11 Å². The lowest BCUT2D eigenvalue weighted by molar-refractivity contribution is 0.413. The predicted octanol–water partition coefficient (Wildman–Crippen LogP) is 1.69. The molecule has 0 aliphatic carbocycles. The van der Waals surface area contributed by atoms with E-state index in [0.29, 0.717) is 18.0 Å². The molecule has 1 aliphatic heterocycles. The van der Waals surface area contributed by atoms with Gasteiger partial charge in [0.1, 0.15) is 5.75 Å². The average Bonchev–Trinajstić information content (AvgIpc) is 2.72. The van der Waals surface area contributed by atoms with Crippen molar-refractivity contribution in [3.63, 3.8) is 0 Å². The van der Waals surface area contributed by atoms with Gasteiger partial charge in [0.15, 0.2) is 0 Å². The zero-order valence-corrected chi connectivity index (χ0v) is 10.8. The summed E-state index contributed by atoms with van der Waals surface area (Å²) in [5.74, 6) is 0.714. The summed E-state index contributed by atoms with van der Waals surface area (Å²) in [7, 11) is 1.58. The minimum Gasteiger partial charge on any atom is -0.497 e. The van der Waals surface area contributed by atoms with Crippen molar-refractivity contribution in [3.8, 4) is 17.3 Å². The maximum atomic E-state index is 12.4. The third-order valence-corrected chi connectivity index (χ3v) is 3.57. The van der Waals surface area contributed by atoms with Crippen LogP contribution in [0, 0.1) is 0 Å². The van der Waals surface area contributed by atoms with Crippen molar-refractivity contribution in [1.29, 1.82) is 0 Å². The molecular formula is C14H16N2O3. The highest BCUT2D eigenvalue weighted by Crippen LogP contribution is 2.26. The molecule has 1 aromatic heterocycles. The van der Waals surface area contributed by atoms with Gasteiger partial charge in [0.25, 0.3) is 0 Å². The van der Waals surface area contributed by atoms with Gasteiger partial charge in [0.05, 0.1) is 18.5 Å². The number of fused-ring (bicyclic) bond motifs is 1. The van der Waals surface area contributed by atoms with E-state index in [0.717, 1.165) is 25.0 Å². The number of aromatic hydroxyl groups is 1. The molecule has 2 aromatic rings. The molecule has 100 valence electrons. The van der Waals surface area contributed by atoms with Gasteiger partial charge in [-0.2, -0.15) is 0 Å². The van der Waals surface area contributed by atoms with Crippen molar-refractivity contribution in [1.82, 2.24) is 9.13 Å². The Labute approximate surface area is 110 Å². The zero-order valence-electron chi connectivity index (χ0n) is 10.8. The topological polar surface area (TPSA) is 56.4 Å². The highest BCUT2D eigenvalue weighted by Gasteiger charge is 2.22. The second-order valence-electron chi connectivity index (χ2n) is 4.70. The van der Waals surface area contributed by atoms with E-state index in [-0.39, 0.29) is 11.6 Å². The maximum absolute atomic E-state index is 12.4. The SMILES string of the molecule is COc1cccc(-n2c(O)c3n(c2=O)CCCC3)c1. The predicted molar refractivity (Wildman–Crippen MR) is 71.2 cm³/mol. The van der Waals surface area contributed by atoms with Crippen LogP contribution in [-0.2, 0) is 13.0 Å². The molecule has 0 bridgehead atoms. The van der Waals surface area contributed by atoms with Gasteiger partial charge in [-0.25, -0.2) is 9.36 Å². The second-order valence-corrected chi connectivity index (χ2v) is 4.70. The van der Waals surface area contributed by atoms with Gasteiger partial charge in [0, 0.05) is 12.6 Å². The lowest BCUT2D eigenvalue weighted by Gasteiger charge is -2.11. The fraction of sp³-hybridized carbons (Fsp3) is 0.357. The highest BCUT2D eigenvalue weighted by atomic mass is 16.5. The maximum Gasteiger partial charge on any atom is 0.335 e. The molecule has 3 rings (SSSR count). The molecule has 0 spiro atoms. The molecule has 19 heavy (non-hydrogen) atoms. The van der Waals surface area contributed by atoms with Crippen LogP contribution in [0.3, 0.4) is 0 Å². The van der Waals surface area contributed by atoms with E-state index < -0.39 is 0 Å². The van der Waals surface area contributed by atoms with E-state index in [1.165, 1.54) is 4.57 Å². The van der Waals surface area contributed by atoms with Crippen LogP contribution in [0.2, 0.25) is 0 Å². The molecule has 0 saturated carbocycles. The summed E-state index contributed by atoms with van der Waals surface area (Å²) in [5, 5.41) is 10.3. The van der Waals surface area contributed by atoms with Crippen LogP contribution in [0.5, 0.6) is 11.6 Å². The quantitative estimate of drug-likeness (QED) is 0.894. The Kier molecular flexibility index (Phi) is 2.81. The Hall–Kier alpha value is -2.17. The van der Waals surface area contributed by atoms with Crippen LogP contribution < -0.4 is 10.4 Å². The molecule has 0 unspecified atom stereocenters. The molecule has 1 aliphatic rings. The summed E-state index contributed by atoms with van der Waals surface area (Å²) in [6.45, 7) is 0.679. The number of ether oxygens (including phenoxy) is 1. The molecule has 1 N–H and O–H groups in total. The molecular weight excluding hydrogens is 244 g/mol. The number of methoxy groups -OCH3 is 1. The van der Waals surface area contributed by atoms with E-state index >= 15 is 0 Å². The van der Waals surface area contributed by atoms with Crippen molar-refractivity contribution in [3.05, 3.63) is 40.4 Å². The molecule has 1 aromatic carbocycles. The fourth-order valence-electron chi connectivity index (χ4n) is 2.60. The standard InChI is InChI=1S/C14H16N2O3/c1-19-11-6-4-5-10(9-11)16-13(17)12-7-2-3-8-15(12)14(16)18/h4-6,9,17H,2-3,7-8H2,1H3. The molecule has 0 atom stereocenters. The van der Waals surface area contributed by atoms with Crippen molar-refractivity contribution in [2.45, 2.75) is 25.8 Å². The van der Waals surface area contributed by atoms with Crippen LogP contribution in [0.25, 0.3) is 5.69 Å². The molecule has 5 nitrogen and oxygen atoms in total. The van der Waals surface area contributed by atoms with Crippen LogP contribution >= 0.6 is 0 Å². The molecule has 5 heteroatoms. The Morgan fingerprint density at radius 2 is 2.16 bits per heavy atom. The molecule has 0 fully saturated rings. The summed E-state index contributed by atoms with van der Waals surface area (Å²) < 4.78 is 8.17. The number of aromatic nitrogens is 2. The van der Waals surface area contributed by atoms with Crippen LogP contribution in [0.15, 0.2) is 29.1 Å². The van der Waals surface area contributed by atoms with Crippen molar-refractivity contribution in [2.24, 2.45) is 0 Å². The molecule has 2 heterocycles. The minimum absolute atomic E-state index is 0.0537. The monoisotopic (exact) mass is 260 g/mol. The minimum atomic E-state index is -0.180. The van der Waals surface area contributed by atoms with Crippen LogP contribution in [0.1, 0.15) is 18.5 Å². The van der Waals surface area contributed by atoms with E-state index in [4.69, 9.17) is 4.74 Å². The van der Waals surface area contributed by atoms with E-state index in [1.807, 2.05) is 6.07 Å². The van der Waals surface area contributed by atoms with Gasteiger partial charge in [-0.3, -0.25) is 4.57 Å². The zero-order chi connectivity index (χ0) is 13.4. The van der Waals surface area contributed by atoms with Gasteiger partial charge in [-0.15, -0.1) is 0 Å². The van der Waals surface area contributed by atoms with Crippen molar-refractivity contribution < 1.29 is 9.84 Å². The first kappa shape index (κ1) is 11.9. The Bertz CT molecular complexity index is 670. The Morgan fingerprint density at radius 3 is 2.89 bits per heavy atom. The molecule has 0 amide bonds. The fourth-order valence-corrected chi connectivity index (χ4v) is 2.60. The summed E-state index contributed by atoms with van der Waals surface area (Å²) in [6, 6.07) is 7.14. The lowest BCUT2D eigenvalue weighted by atomic mass is 10.1. The second kappa shape index (κ2) is 4.50. The largest absolute Gasteiger partial charge is 0.497 e. The van der Waals surface area contributed by atoms with Gasteiger partial charge in [0.2, 0.25) is 5.88 Å². The van der Waals surface area contributed by atoms with Gasteiger partial charge >= 0.3 is 5.69 Å². The van der Waals surface area contributed by atoms with Gasteiger partial charge in [-0.1, -0.05) is 6.07 Å². The van der Waals surface area contributed by atoms with E-state index in [2.05, 4.69) is 0 Å². The first-order valence-electron chi connectivity index (χ1n) is 6.40. The number of hydrogen-bond donors (Lipinski definition) is 1. The Morgan fingerprint density at radius 1 is 1.32 bits per heavy atom. The number of benzene rings is 1. The van der Waals surface area contributed by atoms with Crippen LogP contribution in [0.4, 0.5) is 0 Å². The summed E-state index contributed by atoms with van der Waals surface area (Å²) in [4.78, 5) is 12.4. The van der Waals surface area contributed by atoms with E-state index in [1.54, 1.807) is 29.9 Å². The summed E-state index contributed by atoms with van der Waals surface area (Å²) in [5.41, 5.74) is 1.18. The smallest absolute Gasteiger partial charge is 0.335 e. The third kappa shape index (κ3) is 1.82. The number of rotatable bonds is 2. The Balaban J connectivity index is 2.20. The third-order valence-electron chi connectivity index (χ3n) is 3.57. The lowest BCUT2D eigenvalue weighted by Crippen LogP contribution is -2.26. The summed E-state index contributed by atoms with van der Waals surface area (Å²) in [6.07, 6.45) is 2.74. The number of nitrogens with zero attached hydrogens (tertiary/aromatic N) is 2. The first-order chi connectivity index (χ1) is 9.22. The summed E-state index contributed by atoms with van der Waals surface area (Å²) >= 11 is 0. The average molecular weight is 260 g/mol. The molecule has 0 saturated heterocycles. The number of imidazole rings is 1. The van der Waals surface area contributed by atoms with Crippen molar-refractivity contribution >= 4 is 0 Å². The van der Waals surface area contributed by atoms with Gasteiger partial charge < -0.3 is 9.84 Å². The van der Waals surface area contributed by atoms with Gasteiger partial charge in [-0.05, 0) is 31.4 Å². The number of hydrogen-bond acceptors (Lipinski definition) is 3.